The summed E-state index contributed by atoms with van der Waals surface area (Å²) in [5.74, 6) is 0. The molecule has 1 aliphatic heterocycles. The summed E-state index contributed by atoms with van der Waals surface area (Å²) in [6.07, 6.45) is 1.04. The van der Waals surface area contributed by atoms with Gasteiger partial charge in [0.1, 0.15) is 30.9 Å². The molecule has 0 radical (unpaired) electrons. The first-order valence-electron chi connectivity index (χ1n) is 6.22. The number of aliphatic hydroxyl groups is 2. The highest BCUT2D eigenvalue weighted by molar-refractivity contribution is 4.95. The van der Waals surface area contributed by atoms with Crippen LogP contribution in [0, 0.1) is 0 Å². The molecule has 112 valence electrons. The third kappa shape index (κ3) is 2.28. The zero-order valence-corrected chi connectivity index (χ0v) is 10.7. The van der Waals surface area contributed by atoms with E-state index in [1.807, 2.05) is 0 Å². The maximum Gasteiger partial charge on any atom is 0.330 e. The van der Waals surface area contributed by atoms with Crippen LogP contribution < -0.4 is 11.2 Å². The molecule has 0 aromatic carbocycles. The van der Waals surface area contributed by atoms with Gasteiger partial charge in [0.15, 0.2) is 6.23 Å². The van der Waals surface area contributed by atoms with E-state index in [1.165, 1.54) is 29.6 Å². The Bertz CT molecular complexity index is 723. The van der Waals surface area contributed by atoms with Gasteiger partial charge in [0.25, 0.3) is 5.56 Å². The second kappa shape index (κ2) is 5.24. The van der Waals surface area contributed by atoms with E-state index in [0.29, 0.717) is 0 Å². The SMILES string of the molecule is O=c1ccn([C@@H]2O[C@H](CO)[C@H](O)[C@H]2n2cncn2)c(=O)[nH]1. The number of H-pyrrole nitrogens is 1. The molecule has 0 spiro atoms. The van der Waals surface area contributed by atoms with Gasteiger partial charge in [0, 0.05) is 12.3 Å². The largest absolute Gasteiger partial charge is 0.394 e. The van der Waals surface area contributed by atoms with Crippen molar-refractivity contribution < 1.29 is 14.9 Å². The fraction of sp³-hybridized carbons (Fsp3) is 0.455. The molecule has 2 aromatic heterocycles. The Labute approximate surface area is 117 Å². The van der Waals surface area contributed by atoms with Gasteiger partial charge in [0.2, 0.25) is 0 Å². The molecule has 0 bridgehead atoms. The van der Waals surface area contributed by atoms with Crippen molar-refractivity contribution in [2.75, 3.05) is 6.61 Å². The molecule has 1 aliphatic rings. The molecule has 21 heavy (non-hydrogen) atoms. The van der Waals surface area contributed by atoms with Gasteiger partial charge in [-0.3, -0.25) is 14.3 Å². The highest BCUT2D eigenvalue weighted by Gasteiger charge is 2.46. The van der Waals surface area contributed by atoms with Crippen molar-refractivity contribution in [3.8, 4) is 0 Å². The van der Waals surface area contributed by atoms with E-state index in [2.05, 4.69) is 15.1 Å². The highest BCUT2D eigenvalue weighted by Crippen LogP contribution is 2.36. The number of nitrogens with zero attached hydrogens (tertiary/aromatic N) is 4. The molecule has 4 atom stereocenters. The molecule has 3 N–H and O–H groups in total. The van der Waals surface area contributed by atoms with Crippen LogP contribution in [-0.2, 0) is 4.74 Å². The van der Waals surface area contributed by atoms with Crippen molar-refractivity contribution in [3.05, 3.63) is 45.8 Å². The first-order chi connectivity index (χ1) is 10.1. The molecule has 0 saturated carbocycles. The summed E-state index contributed by atoms with van der Waals surface area (Å²) in [5.41, 5.74) is -1.21. The molecular formula is C11H13N5O5. The minimum Gasteiger partial charge on any atom is -0.394 e. The average molecular weight is 295 g/mol. The predicted octanol–water partition coefficient (Wildman–Crippen LogP) is -2.38. The maximum absolute atomic E-state index is 11.9. The van der Waals surface area contributed by atoms with Crippen molar-refractivity contribution in [2.45, 2.75) is 24.5 Å². The van der Waals surface area contributed by atoms with Crippen molar-refractivity contribution in [3.63, 3.8) is 0 Å². The Balaban J connectivity index is 2.06. The van der Waals surface area contributed by atoms with Gasteiger partial charge >= 0.3 is 5.69 Å². The molecule has 10 nitrogen and oxygen atoms in total. The number of hydrogen-bond acceptors (Lipinski definition) is 7. The van der Waals surface area contributed by atoms with E-state index < -0.39 is 42.3 Å². The van der Waals surface area contributed by atoms with Gasteiger partial charge in [-0.15, -0.1) is 0 Å². The first kappa shape index (κ1) is 13.7. The van der Waals surface area contributed by atoms with Crippen LogP contribution in [-0.4, -0.2) is 53.3 Å². The lowest BCUT2D eigenvalue weighted by Gasteiger charge is -2.21. The Morgan fingerprint density at radius 2 is 2.24 bits per heavy atom. The summed E-state index contributed by atoms with van der Waals surface area (Å²) in [6.45, 7) is -0.416. The van der Waals surface area contributed by atoms with Crippen molar-refractivity contribution in [1.29, 1.82) is 0 Å². The topological polar surface area (TPSA) is 135 Å². The third-order valence-electron chi connectivity index (χ3n) is 3.38. The zero-order chi connectivity index (χ0) is 15.0. The van der Waals surface area contributed by atoms with E-state index in [-0.39, 0.29) is 0 Å². The molecule has 0 unspecified atom stereocenters. The smallest absolute Gasteiger partial charge is 0.330 e. The monoisotopic (exact) mass is 295 g/mol. The van der Waals surface area contributed by atoms with Crippen LogP contribution in [0.4, 0.5) is 0 Å². The van der Waals surface area contributed by atoms with Crippen LogP contribution in [0.3, 0.4) is 0 Å². The fourth-order valence-corrected chi connectivity index (χ4v) is 2.40. The third-order valence-corrected chi connectivity index (χ3v) is 3.38. The van der Waals surface area contributed by atoms with Crippen LogP contribution in [0.1, 0.15) is 12.3 Å². The Morgan fingerprint density at radius 1 is 1.43 bits per heavy atom. The molecular weight excluding hydrogens is 282 g/mol. The molecule has 2 aromatic rings. The summed E-state index contributed by atoms with van der Waals surface area (Å²) >= 11 is 0. The van der Waals surface area contributed by atoms with Crippen LogP contribution >= 0.6 is 0 Å². The van der Waals surface area contributed by atoms with E-state index in [1.54, 1.807) is 0 Å². The van der Waals surface area contributed by atoms with Crippen molar-refractivity contribution in [2.24, 2.45) is 0 Å². The standard InChI is InChI=1S/C11H13N5O5/c17-3-6-9(19)8(16-5-12-4-13-16)10(21-6)15-2-1-7(18)14-11(15)20/h1-2,4-6,8-10,17,19H,3H2,(H,14,18,20)/t6-,8-,9+,10-/m1/s1. The van der Waals surface area contributed by atoms with E-state index in [4.69, 9.17) is 4.74 Å². The van der Waals surface area contributed by atoms with Crippen LogP contribution in [0.5, 0.6) is 0 Å². The lowest BCUT2D eigenvalue weighted by Crippen LogP contribution is -2.36. The second-order valence-corrected chi connectivity index (χ2v) is 4.62. The Kier molecular flexibility index (Phi) is 3.41. The normalized spacial score (nSPS) is 28.9. The van der Waals surface area contributed by atoms with Crippen molar-refractivity contribution >= 4 is 0 Å². The van der Waals surface area contributed by atoms with Crippen LogP contribution in [0.25, 0.3) is 0 Å². The second-order valence-electron chi connectivity index (χ2n) is 4.62. The van der Waals surface area contributed by atoms with Gasteiger partial charge in [-0.2, -0.15) is 5.10 Å². The van der Waals surface area contributed by atoms with Crippen molar-refractivity contribution in [1.82, 2.24) is 24.3 Å². The van der Waals surface area contributed by atoms with E-state index in [9.17, 15) is 19.8 Å². The average Bonchev–Trinajstić information content (AvgIpc) is 3.06. The molecule has 0 aliphatic carbocycles. The van der Waals surface area contributed by atoms with E-state index >= 15 is 0 Å². The number of aromatic amines is 1. The molecule has 1 fully saturated rings. The van der Waals surface area contributed by atoms with Gasteiger partial charge in [-0.25, -0.2) is 14.5 Å². The molecule has 1 saturated heterocycles. The lowest BCUT2D eigenvalue weighted by molar-refractivity contribution is -0.0479. The molecule has 10 heteroatoms. The number of aliphatic hydroxyl groups excluding tert-OH is 2. The summed E-state index contributed by atoms with van der Waals surface area (Å²) < 4.78 is 8.00. The number of ether oxygens (including phenoxy) is 1. The van der Waals surface area contributed by atoms with Gasteiger partial charge in [0.05, 0.1) is 6.61 Å². The van der Waals surface area contributed by atoms with Gasteiger partial charge in [-0.1, -0.05) is 0 Å². The highest BCUT2D eigenvalue weighted by atomic mass is 16.5. The molecule has 3 rings (SSSR count). The minimum absolute atomic E-state index is 0.416. The van der Waals surface area contributed by atoms with Crippen LogP contribution in [0.15, 0.2) is 34.5 Å². The minimum atomic E-state index is -1.08. The quantitative estimate of drug-likeness (QED) is 0.575. The maximum atomic E-state index is 11.9. The molecule has 0 amide bonds. The fourth-order valence-electron chi connectivity index (χ4n) is 2.40. The van der Waals surface area contributed by atoms with Gasteiger partial charge < -0.3 is 14.9 Å². The van der Waals surface area contributed by atoms with Crippen LogP contribution in [0.2, 0.25) is 0 Å². The summed E-state index contributed by atoms with van der Waals surface area (Å²) in [5, 5.41) is 23.4. The number of hydrogen-bond donors (Lipinski definition) is 3. The number of rotatable bonds is 3. The van der Waals surface area contributed by atoms with E-state index in [0.717, 1.165) is 4.57 Å². The van der Waals surface area contributed by atoms with Gasteiger partial charge in [-0.05, 0) is 0 Å². The molecule has 3 heterocycles. The first-order valence-corrected chi connectivity index (χ1v) is 6.22. The number of aromatic nitrogens is 5. The summed E-state index contributed by atoms with van der Waals surface area (Å²) in [4.78, 5) is 28.9. The Hall–Kier alpha value is -2.30. The summed E-state index contributed by atoms with van der Waals surface area (Å²) in [6, 6.07) is 0.412. The number of nitrogens with one attached hydrogen (secondary N) is 1. The lowest BCUT2D eigenvalue weighted by atomic mass is 10.1. The predicted molar refractivity (Wildman–Crippen MR) is 67.4 cm³/mol. The zero-order valence-electron chi connectivity index (χ0n) is 10.7. The summed E-state index contributed by atoms with van der Waals surface area (Å²) in [7, 11) is 0. The Morgan fingerprint density at radius 3 is 2.86 bits per heavy atom.